The molecule has 0 radical (unpaired) electrons. The summed E-state index contributed by atoms with van der Waals surface area (Å²) in [6.07, 6.45) is 0.888. The Balaban J connectivity index is 2.03. The van der Waals surface area contributed by atoms with Gasteiger partial charge in [-0.1, -0.05) is 30.0 Å². The number of fused-ring (bicyclic) bond motifs is 3. The van der Waals surface area contributed by atoms with Gasteiger partial charge in [-0.2, -0.15) is 0 Å². The van der Waals surface area contributed by atoms with Crippen molar-refractivity contribution in [3.05, 3.63) is 48.0 Å². The zero-order chi connectivity index (χ0) is 13.1. The lowest BCUT2D eigenvalue weighted by molar-refractivity contribution is 0.818. The van der Waals surface area contributed by atoms with E-state index >= 15 is 0 Å². The summed E-state index contributed by atoms with van der Waals surface area (Å²) >= 11 is 1.84. The summed E-state index contributed by atoms with van der Waals surface area (Å²) in [7, 11) is 1.95. The number of hydrogen-bond donors (Lipinski definition) is 1. The summed E-state index contributed by atoms with van der Waals surface area (Å²) in [6.45, 7) is 0.941. The SMILES string of the molecule is CNCCC#Cc1ccc2sc3ccccc3c2c1. The molecule has 1 heterocycles. The van der Waals surface area contributed by atoms with Crippen LogP contribution in [0.1, 0.15) is 12.0 Å². The van der Waals surface area contributed by atoms with E-state index in [9.17, 15) is 0 Å². The predicted molar refractivity (Wildman–Crippen MR) is 84.8 cm³/mol. The average molecular weight is 265 g/mol. The molecule has 0 fully saturated rings. The van der Waals surface area contributed by atoms with Gasteiger partial charge in [-0.15, -0.1) is 11.3 Å². The summed E-state index contributed by atoms with van der Waals surface area (Å²) in [6, 6.07) is 15.1. The van der Waals surface area contributed by atoms with Gasteiger partial charge in [0, 0.05) is 38.7 Å². The van der Waals surface area contributed by atoms with Crippen LogP contribution in [0, 0.1) is 11.8 Å². The minimum atomic E-state index is 0.888. The molecule has 1 aromatic heterocycles. The van der Waals surface area contributed by atoms with Crippen LogP contribution in [0.3, 0.4) is 0 Å². The second kappa shape index (κ2) is 5.44. The molecular weight excluding hydrogens is 250 g/mol. The molecule has 0 bridgehead atoms. The molecule has 0 aliphatic rings. The van der Waals surface area contributed by atoms with Crippen LogP contribution in [0.4, 0.5) is 0 Å². The Hall–Kier alpha value is -1.82. The fourth-order valence-corrected chi connectivity index (χ4v) is 3.24. The first-order valence-electron chi connectivity index (χ1n) is 6.43. The largest absolute Gasteiger partial charge is 0.319 e. The minimum absolute atomic E-state index is 0.888. The molecule has 2 heteroatoms. The molecule has 19 heavy (non-hydrogen) atoms. The van der Waals surface area contributed by atoms with Crippen molar-refractivity contribution in [2.45, 2.75) is 6.42 Å². The molecule has 0 unspecified atom stereocenters. The van der Waals surface area contributed by atoms with E-state index in [1.807, 2.05) is 18.4 Å². The monoisotopic (exact) mass is 265 g/mol. The third-order valence-corrected chi connectivity index (χ3v) is 4.26. The van der Waals surface area contributed by atoms with Crippen LogP contribution < -0.4 is 5.32 Å². The van der Waals surface area contributed by atoms with Crippen molar-refractivity contribution >= 4 is 31.5 Å². The molecule has 0 saturated carbocycles. The van der Waals surface area contributed by atoms with Crippen LogP contribution in [-0.2, 0) is 0 Å². The lowest BCUT2D eigenvalue weighted by Gasteiger charge is -1.93. The van der Waals surface area contributed by atoms with E-state index in [0.717, 1.165) is 18.5 Å². The van der Waals surface area contributed by atoms with E-state index in [-0.39, 0.29) is 0 Å². The molecule has 1 N–H and O–H groups in total. The number of nitrogens with one attached hydrogen (secondary N) is 1. The average Bonchev–Trinajstić information content (AvgIpc) is 2.82. The second-order valence-electron chi connectivity index (χ2n) is 4.46. The summed E-state index contributed by atoms with van der Waals surface area (Å²) in [5.74, 6) is 6.44. The number of benzene rings is 2. The highest BCUT2D eigenvalue weighted by atomic mass is 32.1. The van der Waals surface area contributed by atoms with Crippen LogP contribution >= 0.6 is 11.3 Å². The smallest absolute Gasteiger partial charge is 0.0356 e. The lowest BCUT2D eigenvalue weighted by Crippen LogP contribution is -2.05. The van der Waals surface area contributed by atoms with Gasteiger partial charge >= 0.3 is 0 Å². The summed E-state index contributed by atoms with van der Waals surface area (Å²) in [5.41, 5.74) is 1.10. The third kappa shape index (κ3) is 2.49. The van der Waals surface area contributed by atoms with Crippen molar-refractivity contribution in [2.24, 2.45) is 0 Å². The van der Waals surface area contributed by atoms with E-state index in [2.05, 4.69) is 59.6 Å². The normalized spacial score (nSPS) is 10.6. The van der Waals surface area contributed by atoms with E-state index in [0.29, 0.717) is 0 Å². The van der Waals surface area contributed by atoms with Gasteiger partial charge in [0.1, 0.15) is 0 Å². The maximum absolute atomic E-state index is 3.24. The minimum Gasteiger partial charge on any atom is -0.319 e. The Morgan fingerprint density at radius 3 is 2.79 bits per heavy atom. The standard InChI is InChI=1S/C17H15NS/c1-18-11-5-4-6-13-9-10-17-15(12-13)14-7-2-3-8-16(14)19-17/h2-3,7-10,12,18H,5,11H2,1H3. The Morgan fingerprint density at radius 1 is 1.05 bits per heavy atom. The maximum atomic E-state index is 3.24. The molecule has 3 aromatic rings. The Labute approximate surface area is 117 Å². The van der Waals surface area contributed by atoms with Crippen LogP contribution in [0.15, 0.2) is 42.5 Å². The Kier molecular flexibility index (Phi) is 3.50. The number of thiophene rings is 1. The highest BCUT2D eigenvalue weighted by Crippen LogP contribution is 2.33. The van der Waals surface area contributed by atoms with Crippen molar-refractivity contribution in [3.63, 3.8) is 0 Å². The van der Waals surface area contributed by atoms with Crippen LogP contribution in [0.2, 0.25) is 0 Å². The van der Waals surface area contributed by atoms with Crippen molar-refractivity contribution in [1.82, 2.24) is 5.32 Å². The van der Waals surface area contributed by atoms with Crippen molar-refractivity contribution in [2.75, 3.05) is 13.6 Å². The van der Waals surface area contributed by atoms with Crippen LogP contribution in [-0.4, -0.2) is 13.6 Å². The molecule has 0 aliphatic carbocycles. The van der Waals surface area contributed by atoms with Crippen LogP contribution in [0.25, 0.3) is 20.2 Å². The van der Waals surface area contributed by atoms with Gasteiger partial charge in [-0.3, -0.25) is 0 Å². The van der Waals surface area contributed by atoms with Crippen molar-refractivity contribution in [1.29, 1.82) is 0 Å². The van der Waals surface area contributed by atoms with E-state index < -0.39 is 0 Å². The first-order chi connectivity index (χ1) is 9.38. The highest BCUT2D eigenvalue weighted by molar-refractivity contribution is 7.25. The number of hydrogen-bond acceptors (Lipinski definition) is 2. The molecule has 3 rings (SSSR count). The first-order valence-corrected chi connectivity index (χ1v) is 7.25. The predicted octanol–water partition coefficient (Wildman–Crippen LogP) is 4.02. The molecule has 94 valence electrons. The highest BCUT2D eigenvalue weighted by Gasteiger charge is 2.03. The maximum Gasteiger partial charge on any atom is 0.0356 e. The molecule has 2 aromatic carbocycles. The van der Waals surface area contributed by atoms with E-state index in [1.54, 1.807) is 0 Å². The molecule has 0 aliphatic heterocycles. The zero-order valence-corrected chi connectivity index (χ0v) is 11.7. The van der Waals surface area contributed by atoms with Gasteiger partial charge in [-0.05, 0) is 31.3 Å². The topological polar surface area (TPSA) is 12.0 Å². The summed E-state index contributed by atoms with van der Waals surface area (Å²) in [4.78, 5) is 0. The molecule has 1 nitrogen and oxygen atoms in total. The molecule has 0 spiro atoms. The quantitative estimate of drug-likeness (QED) is 0.545. The van der Waals surface area contributed by atoms with Gasteiger partial charge in [-0.25, -0.2) is 0 Å². The fraction of sp³-hybridized carbons (Fsp3) is 0.176. The number of rotatable bonds is 2. The molecule has 0 saturated heterocycles. The van der Waals surface area contributed by atoms with Crippen molar-refractivity contribution < 1.29 is 0 Å². The molecular formula is C17H15NS. The van der Waals surface area contributed by atoms with Crippen molar-refractivity contribution in [3.8, 4) is 11.8 Å². The summed E-state index contributed by atoms with van der Waals surface area (Å²) < 4.78 is 2.68. The van der Waals surface area contributed by atoms with Gasteiger partial charge < -0.3 is 5.32 Å². The van der Waals surface area contributed by atoms with Crippen LogP contribution in [0.5, 0.6) is 0 Å². The van der Waals surface area contributed by atoms with E-state index in [4.69, 9.17) is 0 Å². The molecule has 0 atom stereocenters. The van der Waals surface area contributed by atoms with Gasteiger partial charge in [0.15, 0.2) is 0 Å². The third-order valence-electron chi connectivity index (χ3n) is 3.11. The van der Waals surface area contributed by atoms with Gasteiger partial charge in [0.2, 0.25) is 0 Å². The van der Waals surface area contributed by atoms with Gasteiger partial charge in [0.05, 0.1) is 0 Å². The lowest BCUT2D eigenvalue weighted by atomic mass is 10.1. The first kappa shape index (κ1) is 12.2. The van der Waals surface area contributed by atoms with Gasteiger partial charge in [0.25, 0.3) is 0 Å². The molecule has 0 amide bonds. The van der Waals surface area contributed by atoms with E-state index in [1.165, 1.54) is 20.2 Å². The zero-order valence-electron chi connectivity index (χ0n) is 10.9. The second-order valence-corrected chi connectivity index (χ2v) is 5.55. The fourth-order valence-electron chi connectivity index (χ4n) is 2.16. The Morgan fingerprint density at radius 2 is 1.89 bits per heavy atom. The summed E-state index contributed by atoms with van der Waals surface area (Å²) in [5, 5.41) is 5.76. The Bertz CT molecular complexity index is 774.